The van der Waals surface area contributed by atoms with Crippen LogP contribution in [0.25, 0.3) is 0 Å². The Bertz CT molecular complexity index is 578. The molecule has 1 unspecified atom stereocenters. The molecule has 1 aromatic heterocycles. The van der Waals surface area contributed by atoms with Gasteiger partial charge in [0.1, 0.15) is 17.3 Å². The Balaban J connectivity index is 2.41. The minimum atomic E-state index is -0.755. The molecule has 1 heterocycles. The van der Waals surface area contributed by atoms with E-state index in [1.54, 1.807) is 12.1 Å². The number of rotatable bonds is 4. The molecule has 0 saturated heterocycles. The lowest BCUT2D eigenvalue weighted by atomic mass is 10.0. The predicted octanol–water partition coefficient (Wildman–Crippen LogP) is 1.68. The molecule has 6 heteroatoms. The molecule has 19 heavy (non-hydrogen) atoms. The van der Waals surface area contributed by atoms with Gasteiger partial charge < -0.3 is 15.2 Å². The van der Waals surface area contributed by atoms with Crippen molar-refractivity contribution in [2.24, 2.45) is 5.73 Å². The third-order valence-corrected chi connectivity index (χ3v) is 2.72. The summed E-state index contributed by atoms with van der Waals surface area (Å²) in [7, 11) is 2.94. The lowest BCUT2D eigenvalue weighted by molar-refractivity contribution is 0.386. The maximum Gasteiger partial charge on any atom is 0.237 e. The van der Waals surface area contributed by atoms with Crippen LogP contribution in [0, 0.1) is 5.82 Å². The van der Waals surface area contributed by atoms with Crippen LogP contribution in [0.5, 0.6) is 11.6 Å². The summed E-state index contributed by atoms with van der Waals surface area (Å²) < 4.78 is 24.0. The fourth-order valence-corrected chi connectivity index (χ4v) is 1.74. The molecule has 0 fully saturated rings. The van der Waals surface area contributed by atoms with Gasteiger partial charge in [-0.2, -0.15) is 0 Å². The molecule has 0 radical (unpaired) electrons. The summed E-state index contributed by atoms with van der Waals surface area (Å²) in [6, 6.07) is 3.72. The maximum absolute atomic E-state index is 14.0. The van der Waals surface area contributed by atoms with Crippen LogP contribution in [0.2, 0.25) is 0 Å². The first-order valence-electron chi connectivity index (χ1n) is 5.61. The third kappa shape index (κ3) is 2.63. The first kappa shape index (κ1) is 13.2. The van der Waals surface area contributed by atoms with Crippen molar-refractivity contribution in [1.82, 2.24) is 9.97 Å². The number of benzene rings is 1. The molecule has 0 bridgehead atoms. The van der Waals surface area contributed by atoms with E-state index in [9.17, 15) is 4.39 Å². The molecule has 2 N–H and O–H groups in total. The van der Waals surface area contributed by atoms with Crippen LogP contribution in [-0.4, -0.2) is 24.2 Å². The van der Waals surface area contributed by atoms with E-state index in [1.165, 1.54) is 32.7 Å². The molecule has 2 rings (SSSR count). The molecular weight excluding hydrogens is 249 g/mol. The maximum atomic E-state index is 14.0. The van der Waals surface area contributed by atoms with Gasteiger partial charge in [-0.3, -0.25) is 4.98 Å². The summed E-state index contributed by atoms with van der Waals surface area (Å²) in [5, 5.41) is 0. The molecule has 1 atom stereocenters. The van der Waals surface area contributed by atoms with Gasteiger partial charge in [-0.05, 0) is 6.07 Å². The topological polar surface area (TPSA) is 70.3 Å². The highest BCUT2D eigenvalue weighted by atomic mass is 19.1. The molecule has 2 aromatic rings. The normalized spacial score (nSPS) is 12.0. The molecule has 0 saturated carbocycles. The average molecular weight is 263 g/mol. The second-order valence-corrected chi connectivity index (χ2v) is 3.82. The van der Waals surface area contributed by atoms with E-state index in [4.69, 9.17) is 15.2 Å². The van der Waals surface area contributed by atoms with E-state index in [0.29, 0.717) is 17.0 Å². The molecule has 5 nitrogen and oxygen atoms in total. The quantitative estimate of drug-likeness (QED) is 0.908. The fourth-order valence-electron chi connectivity index (χ4n) is 1.74. The number of ether oxygens (including phenoxy) is 2. The number of nitrogens with zero attached hydrogens (tertiary/aromatic N) is 2. The molecule has 100 valence electrons. The van der Waals surface area contributed by atoms with Crippen LogP contribution in [0.4, 0.5) is 4.39 Å². The summed E-state index contributed by atoms with van der Waals surface area (Å²) in [4.78, 5) is 8.09. The van der Waals surface area contributed by atoms with Gasteiger partial charge in [-0.1, -0.05) is 6.07 Å². The molecule has 0 amide bonds. The SMILES string of the molecule is COc1ccc(C(N)c2nccnc2OC)c(F)c1. The number of halogens is 1. The van der Waals surface area contributed by atoms with Gasteiger partial charge in [-0.25, -0.2) is 9.37 Å². The Morgan fingerprint density at radius 1 is 1.16 bits per heavy atom. The lowest BCUT2D eigenvalue weighted by Gasteiger charge is -2.15. The van der Waals surface area contributed by atoms with E-state index in [0.717, 1.165) is 0 Å². The molecular formula is C13H14FN3O2. The smallest absolute Gasteiger partial charge is 0.237 e. The summed E-state index contributed by atoms with van der Waals surface area (Å²) in [5.41, 5.74) is 6.71. The van der Waals surface area contributed by atoms with E-state index in [-0.39, 0.29) is 5.88 Å². The van der Waals surface area contributed by atoms with Crippen LogP contribution < -0.4 is 15.2 Å². The van der Waals surface area contributed by atoms with Gasteiger partial charge in [0.25, 0.3) is 0 Å². The van der Waals surface area contributed by atoms with Crippen molar-refractivity contribution in [2.75, 3.05) is 14.2 Å². The van der Waals surface area contributed by atoms with Crippen LogP contribution in [0.1, 0.15) is 17.3 Å². The zero-order valence-corrected chi connectivity index (χ0v) is 10.6. The van der Waals surface area contributed by atoms with E-state index in [1.807, 2.05) is 0 Å². The molecule has 1 aromatic carbocycles. The van der Waals surface area contributed by atoms with Crippen LogP contribution in [0.15, 0.2) is 30.6 Å². The second-order valence-electron chi connectivity index (χ2n) is 3.82. The number of aromatic nitrogens is 2. The highest BCUT2D eigenvalue weighted by molar-refractivity contribution is 5.36. The van der Waals surface area contributed by atoms with E-state index in [2.05, 4.69) is 9.97 Å². The Labute approximate surface area is 110 Å². The van der Waals surface area contributed by atoms with Gasteiger partial charge >= 0.3 is 0 Å². The van der Waals surface area contributed by atoms with Crippen molar-refractivity contribution < 1.29 is 13.9 Å². The standard InChI is InChI=1S/C13H14FN3O2/c1-18-8-3-4-9(10(14)7-8)11(15)12-13(19-2)17-6-5-16-12/h3-7,11H,15H2,1-2H3. The zero-order valence-electron chi connectivity index (χ0n) is 10.6. The van der Waals surface area contributed by atoms with Crippen molar-refractivity contribution >= 4 is 0 Å². The number of methoxy groups -OCH3 is 2. The van der Waals surface area contributed by atoms with Crippen molar-refractivity contribution in [1.29, 1.82) is 0 Å². The van der Waals surface area contributed by atoms with Gasteiger partial charge in [-0.15, -0.1) is 0 Å². The fraction of sp³-hybridized carbons (Fsp3) is 0.231. The van der Waals surface area contributed by atoms with Crippen molar-refractivity contribution in [3.63, 3.8) is 0 Å². The van der Waals surface area contributed by atoms with Crippen LogP contribution in [-0.2, 0) is 0 Å². The predicted molar refractivity (Wildman–Crippen MR) is 67.6 cm³/mol. The number of nitrogens with two attached hydrogens (primary N) is 1. The summed E-state index contributed by atoms with van der Waals surface area (Å²) in [5.74, 6) is 0.254. The highest BCUT2D eigenvalue weighted by Gasteiger charge is 2.20. The Kier molecular flexibility index (Phi) is 3.91. The minimum Gasteiger partial charge on any atom is -0.497 e. The average Bonchev–Trinajstić information content (AvgIpc) is 2.46. The Hall–Kier alpha value is -2.21. The Morgan fingerprint density at radius 3 is 2.53 bits per heavy atom. The van der Waals surface area contributed by atoms with Crippen molar-refractivity contribution in [3.8, 4) is 11.6 Å². The monoisotopic (exact) mass is 263 g/mol. The van der Waals surface area contributed by atoms with Crippen LogP contribution in [0.3, 0.4) is 0 Å². The van der Waals surface area contributed by atoms with E-state index >= 15 is 0 Å². The van der Waals surface area contributed by atoms with Gasteiger partial charge in [0.05, 0.1) is 20.3 Å². The summed E-state index contributed by atoms with van der Waals surface area (Å²) in [6.45, 7) is 0. The van der Waals surface area contributed by atoms with E-state index < -0.39 is 11.9 Å². The molecule has 0 spiro atoms. The summed E-state index contributed by atoms with van der Waals surface area (Å²) in [6.07, 6.45) is 2.97. The van der Waals surface area contributed by atoms with Gasteiger partial charge in [0.15, 0.2) is 0 Å². The molecule has 0 aliphatic carbocycles. The van der Waals surface area contributed by atoms with Crippen LogP contribution >= 0.6 is 0 Å². The van der Waals surface area contributed by atoms with Crippen molar-refractivity contribution in [2.45, 2.75) is 6.04 Å². The van der Waals surface area contributed by atoms with Crippen molar-refractivity contribution in [3.05, 3.63) is 47.7 Å². The van der Waals surface area contributed by atoms with Gasteiger partial charge in [0.2, 0.25) is 5.88 Å². The molecule has 0 aliphatic rings. The third-order valence-electron chi connectivity index (χ3n) is 2.72. The van der Waals surface area contributed by atoms with Gasteiger partial charge in [0, 0.05) is 24.0 Å². The zero-order chi connectivity index (χ0) is 13.8. The lowest BCUT2D eigenvalue weighted by Crippen LogP contribution is -2.16. The Morgan fingerprint density at radius 2 is 1.89 bits per heavy atom. The minimum absolute atomic E-state index is 0.283. The summed E-state index contributed by atoms with van der Waals surface area (Å²) >= 11 is 0. The first-order chi connectivity index (χ1) is 9.17. The highest BCUT2D eigenvalue weighted by Crippen LogP contribution is 2.27. The first-order valence-corrected chi connectivity index (χ1v) is 5.61. The largest absolute Gasteiger partial charge is 0.497 e. The molecule has 0 aliphatic heterocycles. The number of hydrogen-bond donors (Lipinski definition) is 1. The number of hydrogen-bond acceptors (Lipinski definition) is 5. The second kappa shape index (κ2) is 5.62.